The van der Waals surface area contributed by atoms with Crippen molar-refractivity contribution in [2.24, 2.45) is 0 Å². The standard InChI is InChI=1S/C11H16N2O.2C2H6/c1-13-7-4-10(5-8-13)14-11-3-2-6-12-9-11;2*1-2/h2-3,6,9-10H,4-5,7-8H2,1H3;2*1-2H3. The summed E-state index contributed by atoms with van der Waals surface area (Å²) in [5.74, 6) is 0.891. The maximum Gasteiger partial charge on any atom is 0.137 e. The summed E-state index contributed by atoms with van der Waals surface area (Å²) in [6.45, 7) is 10.3. The Morgan fingerprint density at radius 1 is 1.17 bits per heavy atom. The van der Waals surface area contributed by atoms with Crippen LogP contribution in [0.2, 0.25) is 0 Å². The molecule has 0 saturated carbocycles. The van der Waals surface area contributed by atoms with Crippen LogP contribution in [0.3, 0.4) is 0 Å². The third-order valence-corrected chi connectivity index (χ3v) is 2.60. The summed E-state index contributed by atoms with van der Waals surface area (Å²) in [7, 11) is 2.15. The Labute approximate surface area is 112 Å². The Bertz CT molecular complexity index is 269. The molecule has 2 rings (SSSR count). The number of hydrogen-bond acceptors (Lipinski definition) is 3. The first-order valence-electron chi connectivity index (χ1n) is 7.10. The summed E-state index contributed by atoms with van der Waals surface area (Å²) >= 11 is 0. The highest BCUT2D eigenvalue weighted by atomic mass is 16.5. The molecule has 1 aromatic rings. The van der Waals surface area contributed by atoms with Gasteiger partial charge in [0.2, 0.25) is 0 Å². The van der Waals surface area contributed by atoms with E-state index in [0.29, 0.717) is 6.10 Å². The van der Waals surface area contributed by atoms with Gasteiger partial charge in [-0.2, -0.15) is 0 Å². The van der Waals surface area contributed by atoms with Crippen molar-refractivity contribution < 1.29 is 4.74 Å². The van der Waals surface area contributed by atoms with Crippen molar-refractivity contribution in [3.8, 4) is 5.75 Å². The highest BCUT2D eigenvalue weighted by molar-refractivity contribution is 5.15. The lowest BCUT2D eigenvalue weighted by atomic mass is 10.1. The first-order valence-corrected chi connectivity index (χ1v) is 7.10. The summed E-state index contributed by atoms with van der Waals surface area (Å²) < 4.78 is 5.81. The third-order valence-electron chi connectivity index (χ3n) is 2.60. The number of nitrogens with zero attached hydrogens (tertiary/aromatic N) is 2. The van der Waals surface area contributed by atoms with Gasteiger partial charge in [-0.15, -0.1) is 0 Å². The average molecular weight is 252 g/mol. The Balaban J connectivity index is 0.000000659. The molecule has 1 fully saturated rings. The van der Waals surface area contributed by atoms with Gasteiger partial charge in [-0.25, -0.2) is 0 Å². The van der Waals surface area contributed by atoms with Crippen molar-refractivity contribution in [2.75, 3.05) is 20.1 Å². The summed E-state index contributed by atoms with van der Waals surface area (Å²) in [5.41, 5.74) is 0. The van der Waals surface area contributed by atoms with E-state index in [1.165, 1.54) is 0 Å². The van der Waals surface area contributed by atoms with Crippen LogP contribution in [0, 0.1) is 0 Å². The Morgan fingerprint density at radius 2 is 1.78 bits per heavy atom. The van der Waals surface area contributed by atoms with Gasteiger partial charge < -0.3 is 9.64 Å². The molecule has 0 radical (unpaired) electrons. The van der Waals surface area contributed by atoms with Crippen molar-refractivity contribution in [1.29, 1.82) is 0 Å². The third kappa shape index (κ3) is 6.60. The van der Waals surface area contributed by atoms with Crippen LogP contribution in [-0.4, -0.2) is 36.1 Å². The van der Waals surface area contributed by atoms with Gasteiger partial charge in [0.15, 0.2) is 0 Å². The van der Waals surface area contributed by atoms with Gasteiger partial charge in [0.25, 0.3) is 0 Å². The zero-order valence-electron chi connectivity index (χ0n) is 12.5. The summed E-state index contributed by atoms with van der Waals surface area (Å²) in [6.07, 6.45) is 6.15. The van der Waals surface area contributed by atoms with E-state index in [4.69, 9.17) is 4.74 Å². The molecule has 0 atom stereocenters. The summed E-state index contributed by atoms with van der Waals surface area (Å²) in [6, 6.07) is 3.87. The summed E-state index contributed by atoms with van der Waals surface area (Å²) in [4.78, 5) is 6.37. The van der Waals surface area contributed by atoms with E-state index in [1.807, 2.05) is 39.8 Å². The van der Waals surface area contributed by atoms with Crippen molar-refractivity contribution in [3.63, 3.8) is 0 Å². The lowest BCUT2D eigenvalue weighted by molar-refractivity contribution is 0.114. The van der Waals surface area contributed by atoms with Crippen molar-refractivity contribution in [2.45, 2.75) is 46.6 Å². The quantitative estimate of drug-likeness (QED) is 0.804. The summed E-state index contributed by atoms with van der Waals surface area (Å²) in [5, 5.41) is 0. The topological polar surface area (TPSA) is 25.4 Å². The SMILES string of the molecule is CC.CC.CN1CCC(Oc2cccnc2)CC1. The van der Waals surface area contributed by atoms with Gasteiger partial charge in [0.05, 0.1) is 6.20 Å². The first-order chi connectivity index (χ1) is 8.84. The molecular formula is C15H28N2O. The minimum Gasteiger partial charge on any atom is -0.489 e. The fraction of sp³-hybridized carbons (Fsp3) is 0.667. The van der Waals surface area contributed by atoms with Crippen LogP contribution in [0.5, 0.6) is 5.75 Å². The Kier molecular flexibility index (Phi) is 10.4. The highest BCUT2D eigenvalue weighted by Crippen LogP contribution is 2.16. The molecule has 1 aliphatic rings. The zero-order chi connectivity index (χ0) is 13.8. The minimum atomic E-state index is 0.371. The van der Waals surface area contributed by atoms with E-state index in [2.05, 4.69) is 16.9 Å². The maximum atomic E-state index is 5.81. The van der Waals surface area contributed by atoms with E-state index >= 15 is 0 Å². The maximum absolute atomic E-state index is 5.81. The van der Waals surface area contributed by atoms with Crippen molar-refractivity contribution in [1.82, 2.24) is 9.88 Å². The van der Waals surface area contributed by atoms with Gasteiger partial charge in [-0.3, -0.25) is 4.98 Å². The molecular weight excluding hydrogens is 224 g/mol. The van der Waals surface area contributed by atoms with E-state index in [9.17, 15) is 0 Å². The van der Waals surface area contributed by atoms with Crippen LogP contribution in [0.4, 0.5) is 0 Å². The van der Waals surface area contributed by atoms with E-state index in [0.717, 1.165) is 31.7 Å². The lowest BCUT2D eigenvalue weighted by Crippen LogP contribution is -2.35. The molecule has 0 N–H and O–H groups in total. The fourth-order valence-corrected chi connectivity index (χ4v) is 1.71. The minimum absolute atomic E-state index is 0.371. The second-order valence-corrected chi connectivity index (χ2v) is 3.81. The van der Waals surface area contributed by atoms with Crippen LogP contribution < -0.4 is 4.74 Å². The van der Waals surface area contributed by atoms with Gasteiger partial charge in [-0.1, -0.05) is 27.7 Å². The lowest BCUT2D eigenvalue weighted by Gasteiger charge is -2.29. The molecule has 0 aliphatic carbocycles. The number of ether oxygens (including phenoxy) is 1. The molecule has 1 aliphatic heterocycles. The number of pyridine rings is 1. The van der Waals surface area contributed by atoms with Gasteiger partial charge in [0, 0.05) is 19.3 Å². The molecule has 18 heavy (non-hydrogen) atoms. The fourth-order valence-electron chi connectivity index (χ4n) is 1.71. The number of rotatable bonds is 2. The molecule has 3 nitrogen and oxygen atoms in total. The molecule has 3 heteroatoms. The van der Waals surface area contributed by atoms with Crippen LogP contribution in [0.1, 0.15) is 40.5 Å². The Hall–Kier alpha value is -1.09. The second-order valence-electron chi connectivity index (χ2n) is 3.81. The van der Waals surface area contributed by atoms with Crippen LogP contribution in [0.15, 0.2) is 24.5 Å². The first kappa shape index (κ1) is 16.9. The molecule has 104 valence electrons. The Morgan fingerprint density at radius 3 is 2.28 bits per heavy atom. The molecule has 0 amide bonds. The van der Waals surface area contributed by atoms with Gasteiger partial charge in [0.1, 0.15) is 11.9 Å². The molecule has 0 aromatic carbocycles. The van der Waals surface area contributed by atoms with Gasteiger partial charge in [-0.05, 0) is 32.0 Å². The molecule has 0 unspecified atom stereocenters. The number of likely N-dealkylation sites (tertiary alicyclic amines) is 1. The normalized spacial score (nSPS) is 15.8. The average Bonchev–Trinajstić information content (AvgIpc) is 2.47. The van der Waals surface area contributed by atoms with E-state index in [-0.39, 0.29) is 0 Å². The molecule has 2 heterocycles. The van der Waals surface area contributed by atoms with E-state index in [1.54, 1.807) is 12.4 Å². The van der Waals surface area contributed by atoms with Crippen LogP contribution in [-0.2, 0) is 0 Å². The molecule has 0 bridgehead atoms. The zero-order valence-corrected chi connectivity index (χ0v) is 12.5. The van der Waals surface area contributed by atoms with Crippen LogP contribution >= 0.6 is 0 Å². The predicted molar refractivity (Wildman–Crippen MR) is 78.1 cm³/mol. The number of aromatic nitrogens is 1. The highest BCUT2D eigenvalue weighted by Gasteiger charge is 2.17. The molecule has 0 spiro atoms. The second kappa shape index (κ2) is 11.0. The molecule has 1 saturated heterocycles. The van der Waals surface area contributed by atoms with Crippen LogP contribution in [0.25, 0.3) is 0 Å². The monoisotopic (exact) mass is 252 g/mol. The smallest absolute Gasteiger partial charge is 0.137 e. The van der Waals surface area contributed by atoms with Crippen molar-refractivity contribution >= 4 is 0 Å². The molecule has 1 aromatic heterocycles. The number of hydrogen-bond donors (Lipinski definition) is 0. The van der Waals surface area contributed by atoms with Crippen molar-refractivity contribution in [3.05, 3.63) is 24.5 Å². The van der Waals surface area contributed by atoms with Gasteiger partial charge >= 0.3 is 0 Å². The van der Waals surface area contributed by atoms with E-state index < -0.39 is 0 Å². The predicted octanol–water partition coefficient (Wildman–Crippen LogP) is 3.61. The largest absolute Gasteiger partial charge is 0.489 e. The number of piperidine rings is 1.